The van der Waals surface area contributed by atoms with E-state index in [9.17, 15) is 9.59 Å². The van der Waals surface area contributed by atoms with Crippen LogP contribution in [0.5, 0.6) is 0 Å². The van der Waals surface area contributed by atoms with Crippen molar-refractivity contribution in [1.82, 2.24) is 0 Å². The molecule has 2 rings (SSSR count). The third-order valence-corrected chi connectivity index (χ3v) is 4.28. The molecule has 0 aromatic heterocycles. The van der Waals surface area contributed by atoms with Gasteiger partial charge in [0.2, 0.25) is 0 Å². The van der Waals surface area contributed by atoms with E-state index in [1.54, 1.807) is 0 Å². The van der Waals surface area contributed by atoms with E-state index in [0.717, 1.165) is 19.3 Å². The highest BCUT2D eigenvalue weighted by atomic mass is 16.7. The maximum Gasteiger partial charge on any atom is 0.311 e. The second-order valence-electron chi connectivity index (χ2n) is 6.05. The van der Waals surface area contributed by atoms with Crippen LogP contribution in [0.15, 0.2) is 0 Å². The van der Waals surface area contributed by atoms with Crippen LogP contribution >= 0.6 is 0 Å². The van der Waals surface area contributed by atoms with Gasteiger partial charge in [-0.2, -0.15) is 0 Å². The van der Waals surface area contributed by atoms with E-state index in [4.69, 9.17) is 14.2 Å². The number of hydrogen-bond donors (Lipinski definition) is 0. The number of carbonyl (C=O) groups excluding carboxylic acids is 2. The van der Waals surface area contributed by atoms with Gasteiger partial charge in [-0.25, -0.2) is 0 Å². The molecular weight excluding hydrogens is 260 g/mol. The van der Waals surface area contributed by atoms with Crippen molar-refractivity contribution in [2.45, 2.75) is 46.1 Å². The predicted molar refractivity (Wildman–Crippen MR) is 71.6 cm³/mol. The van der Waals surface area contributed by atoms with Crippen LogP contribution in [0.3, 0.4) is 0 Å². The molecule has 4 atom stereocenters. The van der Waals surface area contributed by atoms with Crippen LogP contribution in [0.4, 0.5) is 0 Å². The fourth-order valence-corrected chi connectivity index (χ4v) is 3.27. The Kier molecular flexibility index (Phi) is 5.02. The molecule has 2 bridgehead atoms. The van der Waals surface area contributed by atoms with E-state index >= 15 is 0 Å². The van der Waals surface area contributed by atoms with Crippen molar-refractivity contribution >= 4 is 11.9 Å². The lowest BCUT2D eigenvalue weighted by atomic mass is 9.86. The summed E-state index contributed by atoms with van der Waals surface area (Å²) in [5, 5.41) is 0. The third-order valence-electron chi connectivity index (χ3n) is 4.28. The van der Waals surface area contributed by atoms with Crippen molar-refractivity contribution in [1.29, 1.82) is 0 Å². The van der Waals surface area contributed by atoms with E-state index in [1.807, 2.05) is 20.8 Å². The van der Waals surface area contributed by atoms with Crippen molar-refractivity contribution in [2.75, 3.05) is 13.4 Å². The number of esters is 2. The quantitative estimate of drug-likeness (QED) is 0.425. The second kappa shape index (κ2) is 6.57. The molecule has 5 heteroatoms. The van der Waals surface area contributed by atoms with Gasteiger partial charge in [-0.15, -0.1) is 0 Å². The van der Waals surface area contributed by atoms with Gasteiger partial charge in [-0.1, -0.05) is 13.8 Å². The second-order valence-corrected chi connectivity index (χ2v) is 6.05. The van der Waals surface area contributed by atoms with Gasteiger partial charge in [-0.05, 0) is 32.1 Å². The molecule has 0 aromatic carbocycles. The highest BCUT2D eigenvalue weighted by Gasteiger charge is 2.51. The SMILES string of the molecule is CCOCOC(=O)C1CC2CC(OC(=O)C(C)C)C1C2. The minimum Gasteiger partial charge on any atom is -0.462 e. The highest BCUT2D eigenvalue weighted by Crippen LogP contribution is 2.50. The summed E-state index contributed by atoms with van der Waals surface area (Å²) in [6.07, 6.45) is 2.59. The summed E-state index contributed by atoms with van der Waals surface area (Å²) in [4.78, 5) is 23.7. The molecule has 2 aliphatic carbocycles. The van der Waals surface area contributed by atoms with Gasteiger partial charge in [0.1, 0.15) is 6.10 Å². The van der Waals surface area contributed by atoms with Gasteiger partial charge in [0.05, 0.1) is 11.8 Å². The Bertz CT molecular complexity index is 365. The summed E-state index contributed by atoms with van der Waals surface area (Å²) in [5.41, 5.74) is 0. The molecule has 2 fully saturated rings. The van der Waals surface area contributed by atoms with Crippen LogP contribution < -0.4 is 0 Å². The topological polar surface area (TPSA) is 61.8 Å². The summed E-state index contributed by atoms with van der Waals surface area (Å²) in [7, 11) is 0. The lowest BCUT2D eigenvalue weighted by molar-refractivity contribution is -0.169. The lowest BCUT2D eigenvalue weighted by Crippen LogP contribution is -2.35. The van der Waals surface area contributed by atoms with Gasteiger partial charge >= 0.3 is 11.9 Å². The molecule has 4 unspecified atom stereocenters. The van der Waals surface area contributed by atoms with Gasteiger partial charge in [-0.3, -0.25) is 9.59 Å². The molecule has 5 nitrogen and oxygen atoms in total. The lowest BCUT2D eigenvalue weighted by Gasteiger charge is -2.28. The predicted octanol–water partition coefficient (Wildman–Crippen LogP) is 2.14. The Morgan fingerprint density at radius 3 is 2.55 bits per heavy atom. The Hall–Kier alpha value is -1.10. The van der Waals surface area contributed by atoms with Crippen molar-refractivity contribution < 1.29 is 23.8 Å². The Morgan fingerprint density at radius 1 is 1.20 bits per heavy atom. The zero-order valence-corrected chi connectivity index (χ0v) is 12.5. The van der Waals surface area contributed by atoms with E-state index in [0.29, 0.717) is 12.5 Å². The highest BCUT2D eigenvalue weighted by molar-refractivity contribution is 5.74. The van der Waals surface area contributed by atoms with Crippen LogP contribution in [0, 0.1) is 23.7 Å². The molecule has 0 radical (unpaired) electrons. The molecule has 0 spiro atoms. The third kappa shape index (κ3) is 3.32. The molecule has 0 amide bonds. The molecule has 0 aliphatic heterocycles. The minimum absolute atomic E-state index is 0.0136. The van der Waals surface area contributed by atoms with Crippen LogP contribution in [0.1, 0.15) is 40.0 Å². The largest absolute Gasteiger partial charge is 0.462 e. The summed E-state index contributed by atoms with van der Waals surface area (Å²) in [5.74, 6) is -0.0525. The van der Waals surface area contributed by atoms with E-state index < -0.39 is 0 Å². The van der Waals surface area contributed by atoms with Crippen molar-refractivity contribution in [2.24, 2.45) is 23.7 Å². The maximum absolute atomic E-state index is 12.0. The van der Waals surface area contributed by atoms with Crippen molar-refractivity contribution in [3.63, 3.8) is 0 Å². The van der Waals surface area contributed by atoms with Crippen LogP contribution in [0.2, 0.25) is 0 Å². The molecule has 0 heterocycles. The summed E-state index contributed by atoms with van der Waals surface area (Å²) in [6.45, 7) is 6.04. The van der Waals surface area contributed by atoms with Crippen LogP contribution in [0.25, 0.3) is 0 Å². The standard InChI is InChI=1S/C15H24O5/c1-4-18-8-19-15(17)12-6-10-5-11(12)13(7-10)20-14(16)9(2)3/h9-13H,4-8H2,1-3H3. The van der Waals surface area contributed by atoms with Crippen molar-refractivity contribution in [3.05, 3.63) is 0 Å². The fraction of sp³-hybridized carbons (Fsp3) is 0.867. The maximum atomic E-state index is 12.0. The molecule has 0 saturated heterocycles. The van der Waals surface area contributed by atoms with Gasteiger partial charge in [0, 0.05) is 12.5 Å². The Labute approximate surface area is 120 Å². The Morgan fingerprint density at radius 2 is 1.95 bits per heavy atom. The van der Waals surface area contributed by atoms with Crippen LogP contribution in [-0.2, 0) is 23.8 Å². The zero-order chi connectivity index (χ0) is 14.7. The summed E-state index contributed by atoms with van der Waals surface area (Å²) < 4.78 is 15.7. The number of rotatable bonds is 6. The van der Waals surface area contributed by atoms with E-state index in [1.165, 1.54) is 0 Å². The average molecular weight is 284 g/mol. The first-order valence-electron chi connectivity index (χ1n) is 7.47. The number of ether oxygens (including phenoxy) is 3. The zero-order valence-electron chi connectivity index (χ0n) is 12.5. The number of hydrogen-bond acceptors (Lipinski definition) is 5. The normalized spacial score (nSPS) is 31.6. The van der Waals surface area contributed by atoms with E-state index in [2.05, 4.69) is 0 Å². The molecule has 0 aromatic rings. The first-order valence-corrected chi connectivity index (χ1v) is 7.47. The van der Waals surface area contributed by atoms with Crippen molar-refractivity contribution in [3.8, 4) is 0 Å². The monoisotopic (exact) mass is 284 g/mol. The first kappa shape index (κ1) is 15.3. The fourth-order valence-electron chi connectivity index (χ4n) is 3.27. The molecule has 0 N–H and O–H groups in total. The number of carbonyl (C=O) groups is 2. The van der Waals surface area contributed by atoms with Gasteiger partial charge in [0.25, 0.3) is 0 Å². The summed E-state index contributed by atoms with van der Waals surface area (Å²) in [6, 6.07) is 0. The molecule has 20 heavy (non-hydrogen) atoms. The summed E-state index contributed by atoms with van der Waals surface area (Å²) >= 11 is 0. The smallest absolute Gasteiger partial charge is 0.311 e. The molecular formula is C15H24O5. The Balaban J connectivity index is 1.87. The van der Waals surface area contributed by atoms with E-state index in [-0.39, 0.29) is 42.6 Å². The van der Waals surface area contributed by atoms with Crippen LogP contribution in [-0.4, -0.2) is 31.4 Å². The number of fused-ring (bicyclic) bond motifs is 2. The molecule has 2 saturated carbocycles. The van der Waals surface area contributed by atoms with Gasteiger partial charge in [0.15, 0.2) is 6.79 Å². The van der Waals surface area contributed by atoms with Gasteiger partial charge < -0.3 is 14.2 Å². The molecule has 2 aliphatic rings. The average Bonchev–Trinajstić information content (AvgIpc) is 2.98. The minimum atomic E-state index is -0.212. The molecule has 114 valence electrons. The first-order chi connectivity index (χ1) is 9.52.